The van der Waals surface area contributed by atoms with Crippen LogP contribution in [0.5, 0.6) is 0 Å². The van der Waals surface area contributed by atoms with Crippen molar-refractivity contribution in [3.63, 3.8) is 0 Å². The first-order valence-electron chi connectivity index (χ1n) is 13.2. The minimum Gasteiger partial charge on any atom is -0.465 e. The highest BCUT2D eigenvalue weighted by Gasteiger charge is 2.40. The van der Waals surface area contributed by atoms with Gasteiger partial charge in [-0.25, -0.2) is 8.42 Å². The molecule has 16 heteroatoms. The zero-order valence-electron chi connectivity index (χ0n) is 22.6. The SMILES string of the molecule is CCOC(=O)CN(C(=O)[C@H](CC(=O)NC[C@@H]1CCCN(C=NN)C1)NS(=O)(=O)c1ccc(C(F)(F)F)cc1)C1CC1. The standard InChI is InChI=1S/C25H35F3N6O6S/c1-2-40-23(36)15-34(19-7-8-19)24(37)21(12-22(35)30-13-17-4-3-11-33(14-17)16-31-29)32-41(38,39)20-9-5-18(6-10-20)25(26,27)28/h5-6,9-10,16-17,19,21,32H,2-4,7-8,11-15,29H2,1H3,(H,30,35)/t17-,21-/m0/s1. The van der Waals surface area contributed by atoms with Gasteiger partial charge in [0.25, 0.3) is 0 Å². The van der Waals surface area contributed by atoms with E-state index in [0.717, 1.165) is 31.5 Å². The minimum atomic E-state index is -4.67. The molecule has 1 aromatic rings. The van der Waals surface area contributed by atoms with Crippen molar-refractivity contribution in [2.45, 2.75) is 62.2 Å². The molecule has 2 amide bonds. The van der Waals surface area contributed by atoms with Gasteiger partial charge in [0.05, 0.1) is 23.5 Å². The molecule has 2 aliphatic rings. The number of nitrogens with zero attached hydrogens (tertiary/aromatic N) is 3. The zero-order chi connectivity index (χ0) is 30.2. The number of hydrogen-bond donors (Lipinski definition) is 3. The van der Waals surface area contributed by atoms with Crippen LogP contribution < -0.4 is 15.9 Å². The lowest BCUT2D eigenvalue weighted by Crippen LogP contribution is -2.52. The Morgan fingerprint density at radius 3 is 2.49 bits per heavy atom. The predicted octanol–water partition coefficient (Wildman–Crippen LogP) is 1.03. The van der Waals surface area contributed by atoms with Gasteiger partial charge in [0.2, 0.25) is 21.8 Å². The Morgan fingerprint density at radius 1 is 1.22 bits per heavy atom. The number of likely N-dealkylation sites (tertiary alicyclic amines) is 1. The number of sulfonamides is 1. The average Bonchev–Trinajstić information content (AvgIpc) is 3.75. The Hall–Kier alpha value is -3.40. The monoisotopic (exact) mass is 604 g/mol. The lowest BCUT2D eigenvalue weighted by Gasteiger charge is -2.31. The molecule has 1 aromatic carbocycles. The number of piperidine rings is 1. The van der Waals surface area contributed by atoms with Crippen LogP contribution in [0.1, 0.15) is 44.6 Å². The van der Waals surface area contributed by atoms with Gasteiger partial charge in [0, 0.05) is 25.7 Å². The van der Waals surface area contributed by atoms with Gasteiger partial charge in [-0.2, -0.15) is 23.0 Å². The number of nitrogens with one attached hydrogen (secondary N) is 2. The molecule has 1 saturated carbocycles. The highest BCUT2D eigenvalue weighted by atomic mass is 32.2. The van der Waals surface area contributed by atoms with Gasteiger partial charge in [-0.3, -0.25) is 14.4 Å². The summed E-state index contributed by atoms with van der Waals surface area (Å²) in [4.78, 5) is 41.2. The summed E-state index contributed by atoms with van der Waals surface area (Å²) in [5.74, 6) is 3.16. The minimum absolute atomic E-state index is 0.0652. The molecule has 2 atom stereocenters. The first-order valence-corrected chi connectivity index (χ1v) is 14.7. The normalized spacial score (nSPS) is 18.6. The number of alkyl halides is 3. The summed E-state index contributed by atoms with van der Waals surface area (Å²) in [6.45, 7) is 2.87. The third kappa shape index (κ3) is 9.59. The summed E-state index contributed by atoms with van der Waals surface area (Å²) < 4.78 is 72.2. The topological polar surface area (TPSA) is 163 Å². The number of hydrazone groups is 1. The number of rotatable bonds is 13. The molecule has 0 aromatic heterocycles. The number of halogens is 3. The van der Waals surface area contributed by atoms with Gasteiger partial charge in [-0.05, 0) is 62.8 Å². The molecule has 0 bridgehead atoms. The molecular weight excluding hydrogens is 569 g/mol. The number of carbonyl (C=O) groups is 3. The van der Waals surface area contributed by atoms with Crippen LogP contribution in [-0.2, 0) is 35.3 Å². The highest BCUT2D eigenvalue weighted by molar-refractivity contribution is 7.89. The Kier molecular flexibility index (Phi) is 11.0. The lowest BCUT2D eigenvalue weighted by molar-refractivity contribution is -0.150. The number of nitrogens with two attached hydrogens (primary N) is 1. The van der Waals surface area contributed by atoms with E-state index in [1.807, 2.05) is 4.90 Å². The van der Waals surface area contributed by atoms with Gasteiger partial charge in [0.1, 0.15) is 18.9 Å². The van der Waals surface area contributed by atoms with E-state index in [1.165, 1.54) is 11.2 Å². The summed E-state index contributed by atoms with van der Waals surface area (Å²) in [6.07, 6.45) is -0.908. The van der Waals surface area contributed by atoms with Crippen molar-refractivity contribution in [1.29, 1.82) is 0 Å². The van der Waals surface area contributed by atoms with E-state index in [0.29, 0.717) is 31.5 Å². The van der Waals surface area contributed by atoms with Crippen LogP contribution in [0.3, 0.4) is 0 Å². The smallest absolute Gasteiger partial charge is 0.416 e. The summed E-state index contributed by atoms with van der Waals surface area (Å²) in [6, 6.07) is 0.804. The molecule has 228 valence electrons. The fourth-order valence-electron chi connectivity index (χ4n) is 4.56. The maximum atomic E-state index is 13.5. The maximum absolute atomic E-state index is 13.5. The summed E-state index contributed by atoms with van der Waals surface area (Å²) >= 11 is 0. The molecule has 0 unspecified atom stereocenters. The number of benzene rings is 1. The van der Waals surface area contributed by atoms with E-state index in [4.69, 9.17) is 10.6 Å². The number of carbonyl (C=O) groups excluding carboxylic acids is 3. The predicted molar refractivity (Wildman–Crippen MR) is 142 cm³/mol. The molecule has 0 radical (unpaired) electrons. The van der Waals surface area contributed by atoms with Crippen molar-refractivity contribution >= 4 is 34.1 Å². The highest BCUT2D eigenvalue weighted by Crippen LogP contribution is 2.30. The van der Waals surface area contributed by atoms with E-state index in [-0.39, 0.29) is 25.1 Å². The molecule has 2 fully saturated rings. The van der Waals surface area contributed by atoms with E-state index >= 15 is 0 Å². The first kappa shape index (κ1) is 32.1. The van der Waals surface area contributed by atoms with E-state index in [9.17, 15) is 36.0 Å². The Morgan fingerprint density at radius 2 is 1.90 bits per heavy atom. The van der Waals surface area contributed by atoms with Crippen molar-refractivity contribution in [3.8, 4) is 0 Å². The van der Waals surface area contributed by atoms with Gasteiger partial charge >= 0.3 is 12.1 Å². The third-order valence-electron chi connectivity index (χ3n) is 6.72. The largest absolute Gasteiger partial charge is 0.465 e. The molecule has 1 aliphatic heterocycles. The van der Waals surface area contributed by atoms with Crippen molar-refractivity contribution in [2.75, 3.05) is 32.8 Å². The number of amides is 2. The van der Waals surface area contributed by atoms with Crippen LogP contribution in [0.25, 0.3) is 0 Å². The van der Waals surface area contributed by atoms with Gasteiger partial charge in [-0.1, -0.05) is 0 Å². The second kappa shape index (κ2) is 14.0. The summed E-state index contributed by atoms with van der Waals surface area (Å²) in [5.41, 5.74) is -1.04. The van der Waals surface area contributed by atoms with Crippen LogP contribution in [-0.4, -0.2) is 87.2 Å². The Balaban J connectivity index is 1.77. The van der Waals surface area contributed by atoms with Crippen LogP contribution in [0.15, 0.2) is 34.3 Å². The summed E-state index contributed by atoms with van der Waals surface area (Å²) in [7, 11) is -4.53. The Bertz CT molecular complexity index is 1210. The van der Waals surface area contributed by atoms with Gasteiger partial charge in [0.15, 0.2) is 0 Å². The van der Waals surface area contributed by atoms with Crippen molar-refractivity contribution < 1.29 is 40.7 Å². The van der Waals surface area contributed by atoms with Crippen molar-refractivity contribution in [1.82, 2.24) is 19.8 Å². The fourth-order valence-corrected chi connectivity index (χ4v) is 5.74. The first-order chi connectivity index (χ1) is 19.3. The molecule has 1 heterocycles. The van der Waals surface area contributed by atoms with Crippen LogP contribution >= 0.6 is 0 Å². The number of hydrogen-bond acceptors (Lipinski definition) is 8. The molecule has 41 heavy (non-hydrogen) atoms. The molecule has 3 rings (SSSR count). The maximum Gasteiger partial charge on any atom is 0.416 e. The second-order valence-electron chi connectivity index (χ2n) is 9.97. The molecular formula is C25H35F3N6O6S. The molecule has 4 N–H and O–H groups in total. The third-order valence-corrected chi connectivity index (χ3v) is 8.21. The van der Waals surface area contributed by atoms with Gasteiger partial charge in [-0.15, -0.1) is 0 Å². The fraction of sp³-hybridized carbons (Fsp3) is 0.600. The molecule has 0 spiro atoms. The van der Waals surface area contributed by atoms with Gasteiger partial charge < -0.3 is 25.7 Å². The van der Waals surface area contributed by atoms with Crippen molar-refractivity contribution in [3.05, 3.63) is 29.8 Å². The van der Waals surface area contributed by atoms with Crippen LogP contribution in [0, 0.1) is 5.92 Å². The molecule has 1 aliphatic carbocycles. The zero-order valence-corrected chi connectivity index (χ0v) is 23.4. The molecule has 12 nitrogen and oxygen atoms in total. The average molecular weight is 605 g/mol. The quantitative estimate of drug-likeness (QED) is 0.0988. The molecule has 1 saturated heterocycles. The lowest BCUT2D eigenvalue weighted by atomic mass is 9.98. The second-order valence-corrected chi connectivity index (χ2v) is 11.7. The van der Waals surface area contributed by atoms with Crippen LogP contribution in [0.4, 0.5) is 13.2 Å². The van der Waals surface area contributed by atoms with E-state index in [1.54, 1.807) is 6.92 Å². The number of ether oxygens (including phenoxy) is 1. The number of esters is 1. The van der Waals surface area contributed by atoms with Crippen molar-refractivity contribution in [2.24, 2.45) is 16.9 Å². The van der Waals surface area contributed by atoms with Crippen LogP contribution in [0.2, 0.25) is 0 Å². The summed E-state index contributed by atoms with van der Waals surface area (Å²) in [5, 5.41) is 6.24. The van der Waals surface area contributed by atoms with E-state index < -0.39 is 63.4 Å². The van der Waals surface area contributed by atoms with E-state index in [2.05, 4.69) is 15.1 Å². The Labute approximate surface area is 236 Å².